The van der Waals surface area contributed by atoms with Crippen LogP contribution in [-0.4, -0.2) is 113 Å². The molecule has 374 valence electrons. The molecule has 3 aliphatic heterocycles. The van der Waals surface area contributed by atoms with Gasteiger partial charge in [-0.05, 0) is 132 Å². The van der Waals surface area contributed by atoms with Gasteiger partial charge in [-0.1, -0.05) is 97.1 Å². The predicted octanol–water partition coefficient (Wildman–Crippen LogP) is 11.2. The van der Waals surface area contributed by atoms with Crippen molar-refractivity contribution < 1.29 is 9.47 Å². The lowest BCUT2D eigenvalue weighted by atomic mass is 9.77. The second-order valence-electron chi connectivity index (χ2n) is 20.4. The minimum absolute atomic E-state index is 0.0553. The first kappa shape index (κ1) is 49.2. The number of hydrogen-bond acceptors (Lipinski definition) is 10. The lowest BCUT2D eigenvalue weighted by Crippen LogP contribution is -2.50. The van der Waals surface area contributed by atoms with Gasteiger partial charge in [0.05, 0.1) is 30.0 Å². The van der Waals surface area contributed by atoms with Crippen LogP contribution >= 0.6 is 0 Å². The van der Waals surface area contributed by atoms with E-state index in [1.54, 1.807) is 0 Å². The van der Waals surface area contributed by atoms with Crippen LogP contribution in [0.4, 0.5) is 11.6 Å². The van der Waals surface area contributed by atoms with Gasteiger partial charge in [0, 0.05) is 85.8 Å². The van der Waals surface area contributed by atoms with Gasteiger partial charge in [-0.2, -0.15) is 5.10 Å². The van der Waals surface area contributed by atoms with E-state index in [1.165, 1.54) is 11.1 Å². The number of rotatable bonds is 12. The van der Waals surface area contributed by atoms with E-state index >= 15 is 0 Å². The van der Waals surface area contributed by atoms with Gasteiger partial charge in [-0.25, -0.2) is 14.6 Å². The summed E-state index contributed by atoms with van der Waals surface area (Å²) >= 11 is 0. The number of fused-ring (bicyclic) bond motifs is 2. The van der Waals surface area contributed by atoms with Crippen LogP contribution in [0.5, 0.6) is 11.5 Å². The summed E-state index contributed by atoms with van der Waals surface area (Å²) in [6.07, 6.45) is 4.05. The zero-order valence-corrected chi connectivity index (χ0v) is 43.7. The summed E-state index contributed by atoms with van der Waals surface area (Å²) in [5.41, 5.74) is 10.2. The summed E-state index contributed by atoms with van der Waals surface area (Å²) < 4.78 is 14.4. The van der Waals surface area contributed by atoms with Crippen LogP contribution in [0, 0.1) is 0 Å². The molecule has 11 nitrogen and oxygen atoms in total. The molecule has 73 heavy (non-hydrogen) atoms. The van der Waals surface area contributed by atoms with Crippen molar-refractivity contribution in [2.75, 3.05) is 63.2 Å². The minimum atomic E-state index is -0.747. The van der Waals surface area contributed by atoms with Gasteiger partial charge in [0.2, 0.25) is 0 Å². The Morgan fingerprint density at radius 2 is 1.04 bits per heavy atom. The summed E-state index contributed by atoms with van der Waals surface area (Å²) in [5, 5.41) is 6.64. The Hall–Kier alpha value is -7.34. The number of likely N-dealkylation sites (N-methyl/N-ethyl adjacent to an activating group) is 2. The molecule has 2 fully saturated rings. The molecule has 0 amide bonds. The number of aromatic nitrogens is 4. The van der Waals surface area contributed by atoms with Gasteiger partial charge in [-0.3, -0.25) is 4.99 Å². The highest BCUT2D eigenvalue weighted by molar-refractivity contribution is 6.15. The van der Waals surface area contributed by atoms with Crippen LogP contribution in [0.3, 0.4) is 0 Å². The number of pyridine rings is 2. The fourth-order valence-electron chi connectivity index (χ4n) is 10.6. The zero-order valence-electron chi connectivity index (χ0n) is 43.7. The van der Waals surface area contributed by atoms with E-state index in [9.17, 15) is 0 Å². The van der Waals surface area contributed by atoms with Crippen LogP contribution in [0.2, 0.25) is 0 Å². The number of benzene rings is 5. The molecule has 0 radical (unpaired) electrons. The largest absolute Gasteiger partial charge is 0.491 e. The summed E-state index contributed by atoms with van der Waals surface area (Å²) in [6.45, 7) is 19.5. The van der Waals surface area contributed by atoms with Crippen molar-refractivity contribution in [3.63, 3.8) is 0 Å². The first-order valence-electron chi connectivity index (χ1n) is 26.0. The number of piperazine rings is 2. The maximum Gasteiger partial charge on any atom is 0.138 e. The highest BCUT2D eigenvalue weighted by Crippen LogP contribution is 2.45. The molecule has 2 saturated heterocycles. The molecule has 3 aromatic heterocycles. The highest BCUT2D eigenvalue weighted by atomic mass is 16.5. The Labute approximate surface area is 431 Å². The van der Waals surface area contributed by atoms with Crippen molar-refractivity contribution in [2.24, 2.45) is 4.99 Å². The van der Waals surface area contributed by atoms with Gasteiger partial charge >= 0.3 is 0 Å². The second-order valence-corrected chi connectivity index (χ2v) is 20.4. The van der Waals surface area contributed by atoms with E-state index in [2.05, 4.69) is 230 Å². The molecule has 8 aromatic rings. The van der Waals surface area contributed by atoms with E-state index in [-0.39, 0.29) is 12.2 Å². The van der Waals surface area contributed by atoms with Crippen molar-refractivity contribution in [2.45, 2.75) is 77.9 Å². The van der Waals surface area contributed by atoms with Crippen LogP contribution in [0.25, 0.3) is 22.2 Å². The maximum absolute atomic E-state index is 6.24. The summed E-state index contributed by atoms with van der Waals surface area (Å²) in [4.78, 5) is 23.9. The van der Waals surface area contributed by atoms with E-state index in [0.29, 0.717) is 12.1 Å². The van der Waals surface area contributed by atoms with Gasteiger partial charge in [0.1, 0.15) is 34.4 Å². The smallest absolute Gasteiger partial charge is 0.138 e. The average molecular weight is 972 g/mol. The Morgan fingerprint density at radius 1 is 0.548 bits per heavy atom. The number of nitrogens with zero attached hydrogens (tertiary/aromatic N) is 9. The van der Waals surface area contributed by atoms with Crippen molar-refractivity contribution in [3.8, 4) is 22.8 Å². The Balaban J connectivity index is 0.000000192. The number of ether oxygens (including phenoxy) is 2. The monoisotopic (exact) mass is 972 g/mol. The lowest BCUT2D eigenvalue weighted by molar-refractivity contribution is 0.233. The summed E-state index contributed by atoms with van der Waals surface area (Å²) in [5.74, 6) is 3.75. The lowest BCUT2D eigenvalue weighted by Gasteiger charge is -2.38. The standard InChI is InChI=1S/C40H41N5O.C22H28N4O/c1-29(2)46-35-20-21-37-36(27-35)39(31-22-23-41-38(26-31)44-25-24-43(4)30(3)28-44)42-45(37)40(32-14-8-5-9-15-32,33-16-10-6-11-17-33)34-18-12-7-13-19-34;1-15(2)27-19-6-5-18-13-24-22(20(18)12-19)17-7-8-23-21(11-17)26-10-9-25(4)16(3)14-26/h5-23,26-27,29-30H,24-25,28H2,1-4H3;5-8,11-12,15-16H,9-10,13-14H2,1-4H3. The molecule has 5 aromatic carbocycles. The molecule has 0 saturated carbocycles. The number of aliphatic imine (C=N–C) groups is 1. The highest BCUT2D eigenvalue weighted by Gasteiger charge is 2.41. The first-order chi connectivity index (χ1) is 35.5. The molecule has 11 heteroatoms. The van der Waals surface area contributed by atoms with Gasteiger partial charge in [0.25, 0.3) is 0 Å². The molecular formula is C62H69N9O2. The fraction of sp³-hybridized carbons (Fsp3) is 0.323. The topological polar surface area (TPSA) is 87.4 Å². The molecule has 0 aliphatic carbocycles. The molecule has 3 aliphatic rings. The van der Waals surface area contributed by atoms with Crippen LogP contribution < -0.4 is 19.3 Å². The van der Waals surface area contributed by atoms with Crippen molar-refractivity contribution >= 4 is 28.3 Å². The SMILES string of the molecule is CC(C)Oc1ccc2c(c1)C(c1ccnc(N3CCN(C)C(C)C3)c1)=NC2.CC(C)Oc1ccc2c(c1)c(-c1ccnc(N3CCN(C)C(C)C3)c1)nn2C(c1ccccc1)(c1ccccc1)c1ccccc1. The molecule has 0 bridgehead atoms. The molecule has 2 atom stereocenters. The van der Waals surface area contributed by atoms with Crippen molar-refractivity contribution in [3.05, 3.63) is 197 Å². The van der Waals surface area contributed by atoms with Crippen LogP contribution in [0.1, 0.15) is 74.9 Å². The summed E-state index contributed by atoms with van der Waals surface area (Å²) in [7, 11) is 4.38. The maximum atomic E-state index is 6.24. The number of anilines is 2. The summed E-state index contributed by atoms with van der Waals surface area (Å²) in [6, 6.07) is 54.4. The quantitative estimate of drug-likeness (QED) is 0.111. The van der Waals surface area contributed by atoms with Crippen molar-refractivity contribution in [1.29, 1.82) is 0 Å². The molecule has 6 heterocycles. The third-order valence-electron chi connectivity index (χ3n) is 14.6. The Bertz CT molecular complexity index is 3080. The van der Waals surface area contributed by atoms with Crippen molar-refractivity contribution in [1.82, 2.24) is 29.5 Å². The average Bonchev–Trinajstić information content (AvgIpc) is 4.01. The van der Waals surface area contributed by atoms with Gasteiger partial charge in [-0.15, -0.1) is 0 Å². The van der Waals surface area contributed by atoms with Gasteiger partial charge < -0.3 is 29.1 Å². The Morgan fingerprint density at radius 3 is 1.56 bits per heavy atom. The Kier molecular flexibility index (Phi) is 14.4. The second kappa shape index (κ2) is 21.4. The third kappa shape index (κ3) is 10.2. The third-order valence-corrected chi connectivity index (χ3v) is 14.6. The predicted molar refractivity (Wildman–Crippen MR) is 298 cm³/mol. The van der Waals surface area contributed by atoms with Gasteiger partial charge in [0.15, 0.2) is 0 Å². The molecule has 2 unspecified atom stereocenters. The normalized spacial score (nSPS) is 17.4. The van der Waals surface area contributed by atoms with Crippen LogP contribution in [-0.2, 0) is 12.1 Å². The molecule has 0 spiro atoms. The molecule has 11 rings (SSSR count). The van der Waals surface area contributed by atoms with E-state index in [0.717, 1.165) is 119 Å². The van der Waals surface area contributed by atoms with E-state index < -0.39 is 5.54 Å². The first-order valence-corrected chi connectivity index (χ1v) is 26.0. The minimum Gasteiger partial charge on any atom is -0.491 e. The molecular weight excluding hydrogens is 903 g/mol. The fourth-order valence-corrected chi connectivity index (χ4v) is 10.6. The van der Waals surface area contributed by atoms with E-state index in [4.69, 9.17) is 24.5 Å². The molecule has 0 N–H and O–H groups in total. The van der Waals surface area contributed by atoms with E-state index in [1.807, 2.05) is 18.5 Å². The number of hydrogen-bond donors (Lipinski definition) is 0. The zero-order chi connectivity index (χ0) is 50.6. The van der Waals surface area contributed by atoms with Crippen LogP contribution in [0.15, 0.2) is 169 Å².